The standard InChI is InChI=1S/C9H9F/c1-2-5-8-6-3-4-7-9(8)10/h2-4,6-7H,1,5H2. The van der Waals surface area contributed by atoms with Crippen molar-refractivity contribution in [2.75, 3.05) is 0 Å². The van der Waals surface area contributed by atoms with E-state index >= 15 is 0 Å². The van der Waals surface area contributed by atoms with Crippen molar-refractivity contribution in [2.24, 2.45) is 0 Å². The summed E-state index contributed by atoms with van der Waals surface area (Å²) in [5, 5.41) is 0. The van der Waals surface area contributed by atoms with Crippen molar-refractivity contribution in [3.63, 3.8) is 0 Å². The van der Waals surface area contributed by atoms with Crippen LogP contribution in [0, 0.1) is 5.82 Å². The summed E-state index contributed by atoms with van der Waals surface area (Å²) in [5.41, 5.74) is 0.706. The van der Waals surface area contributed by atoms with Gasteiger partial charge in [-0.1, -0.05) is 24.3 Å². The van der Waals surface area contributed by atoms with Gasteiger partial charge in [0.15, 0.2) is 0 Å². The van der Waals surface area contributed by atoms with E-state index < -0.39 is 0 Å². The molecule has 0 amide bonds. The Balaban J connectivity index is 2.91. The zero-order chi connectivity index (χ0) is 7.40. The summed E-state index contributed by atoms with van der Waals surface area (Å²) in [4.78, 5) is 0. The van der Waals surface area contributed by atoms with E-state index in [1.165, 1.54) is 6.07 Å². The van der Waals surface area contributed by atoms with Gasteiger partial charge < -0.3 is 0 Å². The minimum Gasteiger partial charge on any atom is -0.207 e. The predicted molar refractivity (Wildman–Crippen MR) is 40.3 cm³/mol. The normalized spacial score (nSPS) is 9.30. The fourth-order valence-corrected chi connectivity index (χ4v) is 0.819. The molecule has 0 saturated heterocycles. The van der Waals surface area contributed by atoms with Crippen LogP contribution in [0.15, 0.2) is 36.9 Å². The van der Waals surface area contributed by atoms with Crippen molar-refractivity contribution in [1.29, 1.82) is 0 Å². The molecular formula is C9H9F. The topological polar surface area (TPSA) is 0 Å². The lowest BCUT2D eigenvalue weighted by Gasteiger charge is -1.95. The Hall–Kier alpha value is -1.11. The molecule has 0 radical (unpaired) electrons. The Bertz CT molecular complexity index is 228. The molecule has 0 N–H and O–H groups in total. The molecule has 0 aliphatic heterocycles. The zero-order valence-electron chi connectivity index (χ0n) is 5.68. The average Bonchev–Trinajstić information content (AvgIpc) is 1.94. The van der Waals surface area contributed by atoms with Gasteiger partial charge in [-0.25, -0.2) is 4.39 Å². The van der Waals surface area contributed by atoms with E-state index in [0.717, 1.165) is 0 Å². The Morgan fingerprint density at radius 1 is 1.40 bits per heavy atom. The molecule has 0 unspecified atom stereocenters. The maximum absolute atomic E-state index is 12.7. The molecule has 0 aliphatic carbocycles. The van der Waals surface area contributed by atoms with Gasteiger partial charge in [-0.15, -0.1) is 6.58 Å². The SMILES string of the molecule is C=CCc1ccccc1F. The first kappa shape index (κ1) is 7.00. The van der Waals surface area contributed by atoms with Crippen LogP contribution >= 0.6 is 0 Å². The second-order valence-corrected chi connectivity index (χ2v) is 2.08. The van der Waals surface area contributed by atoms with E-state index in [9.17, 15) is 4.39 Å². The molecule has 0 aromatic heterocycles. The summed E-state index contributed by atoms with van der Waals surface area (Å²) in [6.07, 6.45) is 2.30. The Morgan fingerprint density at radius 2 is 2.10 bits per heavy atom. The third-order valence-electron chi connectivity index (χ3n) is 1.32. The fraction of sp³-hybridized carbons (Fsp3) is 0.111. The molecule has 0 spiro atoms. The first-order chi connectivity index (χ1) is 4.84. The molecule has 0 heterocycles. The Kier molecular flexibility index (Phi) is 2.21. The molecule has 1 aromatic rings. The highest BCUT2D eigenvalue weighted by molar-refractivity contribution is 5.19. The second-order valence-electron chi connectivity index (χ2n) is 2.08. The van der Waals surface area contributed by atoms with E-state index in [1.54, 1.807) is 18.2 Å². The summed E-state index contributed by atoms with van der Waals surface area (Å²) >= 11 is 0. The van der Waals surface area contributed by atoms with Crippen LogP contribution in [-0.4, -0.2) is 0 Å². The first-order valence-electron chi connectivity index (χ1n) is 3.19. The fourth-order valence-electron chi connectivity index (χ4n) is 0.819. The Morgan fingerprint density at radius 3 is 2.70 bits per heavy atom. The van der Waals surface area contributed by atoms with Crippen LogP contribution in [0.3, 0.4) is 0 Å². The Labute approximate surface area is 60.0 Å². The van der Waals surface area contributed by atoms with Crippen LogP contribution in [0.5, 0.6) is 0 Å². The van der Waals surface area contributed by atoms with E-state index in [0.29, 0.717) is 12.0 Å². The molecule has 1 aromatic carbocycles. The molecular weight excluding hydrogens is 127 g/mol. The highest BCUT2D eigenvalue weighted by Crippen LogP contribution is 2.06. The van der Waals surface area contributed by atoms with Crippen LogP contribution in [0.4, 0.5) is 4.39 Å². The maximum atomic E-state index is 12.7. The number of benzene rings is 1. The summed E-state index contributed by atoms with van der Waals surface area (Å²) in [6.45, 7) is 3.53. The van der Waals surface area contributed by atoms with Gasteiger partial charge in [0.2, 0.25) is 0 Å². The summed E-state index contributed by atoms with van der Waals surface area (Å²) in [7, 11) is 0. The minimum atomic E-state index is -0.151. The van der Waals surface area contributed by atoms with Crippen LogP contribution in [0.25, 0.3) is 0 Å². The van der Waals surface area contributed by atoms with Crippen molar-refractivity contribution in [3.05, 3.63) is 48.3 Å². The largest absolute Gasteiger partial charge is 0.207 e. The highest BCUT2D eigenvalue weighted by Gasteiger charge is 1.95. The van der Waals surface area contributed by atoms with Crippen molar-refractivity contribution in [2.45, 2.75) is 6.42 Å². The van der Waals surface area contributed by atoms with E-state index in [4.69, 9.17) is 0 Å². The predicted octanol–water partition coefficient (Wildman–Crippen LogP) is 2.55. The third-order valence-corrected chi connectivity index (χ3v) is 1.32. The van der Waals surface area contributed by atoms with Crippen LogP contribution in [0.2, 0.25) is 0 Å². The number of hydrogen-bond acceptors (Lipinski definition) is 0. The van der Waals surface area contributed by atoms with E-state index in [-0.39, 0.29) is 5.82 Å². The van der Waals surface area contributed by atoms with Crippen LogP contribution in [0.1, 0.15) is 5.56 Å². The monoisotopic (exact) mass is 136 g/mol. The van der Waals surface area contributed by atoms with Gasteiger partial charge in [-0.2, -0.15) is 0 Å². The van der Waals surface area contributed by atoms with Gasteiger partial charge >= 0.3 is 0 Å². The molecule has 0 atom stereocenters. The quantitative estimate of drug-likeness (QED) is 0.548. The number of halogens is 1. The van der Waals surface area contributed by atoms with Crippen LogP contribution in [-0.2, 0) is 6.42 Å². The molecule has 1 heteroatoms. The van der Waals surface area contributed by atoms with Crippen LogP contribution < -0.4 is 0 Å². The second kappa shape index (κ2) is 3.16. The lowest BCUT2D eigenvalue weighted by atomic mass is 10.1. The summed E-state index contributed by atoms with van der Waals surface area (Å²) < 4.78 is 12.7. The molecule has 1 rings (SSSR count). The molecule has 52 valence electrons. The summed E-state index contributed by atoms with van der Waals surface area (Å²) in [5.74, 6) is -0.151. The lowest BCUT2D eigenvalue weighted by Crippen LogP contribution is -1.85. The smallest absolute Gasteiger partial charge is 0.126 e. The summed E-state index contributed by atoms with van der Waals surface area (Å²) in [6, 6.07) is 6.72. The number of hydrogen-bond donors (Lipinski definition) is 0. The van der Waals surface area contributed by atoms with Gasteiger partial charge in [-0.05, 0) is 18.1 Å². The number of rotatable bonds is 2. The average molecular weight is 136 g/mol. The van der Waals surface area contributed by atoms with Gasteiger partial charge in [0.25, 0.3) is 0 Å². The van der Waals surface area contributed by atoms with Crippen molar-refractivity contribution in [3.8, 4) is 0 Å². The third kappa shape index (κ3) is 1.44. The lowest BCUT2D eigenvalue weighted by molar-refractivity contribution is 0.615. The molecule has 0 fully saturated rings. The van der Waals surface area contributed by atoms with Crippen molar-refractivity contribution in [1.82, 2.24) is 0 Å². The maximum Gasteiger partial charge on any atom is 0.126 e. The zero-order valence-corrected chi connectivity index (χ0v) is 5.68. The molecule has 0 aliphatic rings. The molecule has 0 bridgehead atoms. The van der Waals surface area contributed by atoms with Crippen molar-refractivity contribution < 1.29 is 4.39 Å². The van der Waals surface area contributed by atoms with Gasteiger partial charge in [-0.3, -0.25) is 0 Å². The molecule has 0 saturated carbocycles. The van der Waals surface area contributed by atoms with Gasteiger partial charge in [0.05, 0.1) is 0 Å². The highest BCUT2D eigenvalue weighted by atomic mass is 19.1. The van der Waals surface area contributed by atoms with Gasteiger partial charge in [0.1, 0.15) is 5.82 Å². The minimum absolute atomic E-state index is 0.151. The van der Waals surface area contributed by atoms with Crippen molar-refractivity contribution >= 4 is 0 Å². The number of allylic oxidation sites excluding steroid dienone is 1. The molecule has 0 nitrogen and oxygen atoms in total. The van der Waals surface area contributed by atoms with Gasteiger partial charge in [0, 0.05) is 0 Å². The first-order valence-corrected chi connectivity index (χ1v) is 3.19. The van der Waals surface area contributed by atoms with E-state index in [1.807, 2.05) is 6.07 Å². The molecule has 10 heavy (non-hydrogen) atoms. The van der Waals surface area contributed by atoms with E-state index in [2.05, 4.69) is 6.58 Å².